The second-order valence-corrected chi connectivity index (χ2v) is 11.2. The van der Waals surface area contributed by atoms with Crippen molar-refractivity contribution in [2.75, 3.05) is 6.16 Å². The molecule has 2 aromatic carbocycles. The van der Waals surface area contributed by atoms with Crippen LogP contribution in [0, 0.1) is 11.8 Å². The van der Waals surface area contributed by atoms with Crippen LogP contribution < -0.4 is 11.1 Å². The molecule has 174 valence electrons. The van der Waals surface area contributed by atoms with E-state index in [1.165, 1.54) is 0 Å². The van der Waals surface area contributed by atoms with Crippen LogP contribution in [0.25, 0.3) is 0 Å². The van der Waals surface area contributed by atoms with E-state index >= 15 is 0 Å². The first kappa shape index (κ1) is 25.8. The third-order valence-electron chi connectivity index (χ3n) is 5.31. The van der Waals surface area contributed by atoms with Gasteiger partial charge < -0.3 is 21.1 Å². The summed E-state index contributed by atoms with van der Waals surface area (Å²) in [6.07, 6.45) is 0.380. The molecule has 0 spiro atoms. The van der Waals surface area contributed by atoms with Crippen molar-refractivity contribution in [2.45, 2.75) is 44.9 Å². The van der Waals surface area contributed by atoms with Crippen LogP contribution in [0.4, 0.5) is 0 Å². The average molecular weight is 461 g/mol. The molecule has 0 radical (unpaired) electrons. The number of hydrogen-bond donors (Lipinski definition) is 4. The van der Waals surface area contributed by atoms with Crippen molar-refractivity contribution in [1.82, 2.24) is 5.32 Å². The van der Waals surface area contributed by atoms with Gasteiger partial charge in [-0.2, -0.15) is 0 Å². The van der Waals surface area contributed by atoms with Crippen molar-refractivity contribution in [2.24, 2.45) is 17.6 Å². The third-order valence-corrected chi connectivity index (χ3v) is 7.52. The molecule has 7 nitrogen and oxygen atoms in total. The summed E-state index contributed by atoms with van der Waals surface area (Å²) in [5.41, 5.74) is 7.60. The quantitative estimate of drug-likeness (QED) is 0.360. The number of carboxylic acids is 1. The van der Waals surface area contributed by atoms with Crippen molar-refractivity contribution in [3.8, 4) is 0 Å². The number of carboxylic acid groups (broad SMARTS) is 1. The van der Waals surface area contributed by atoms with Crippen LogP contribution in [-0.4, -0.2) is 39.9 Å². The fourth-order valence-corrected chi connectivity index (χ4v) is 5.53. The molecule has 0 saturated carbocycles. The SMILES string of the molecule is CC(C)CC(N)P(=O)(O)C[C@@H](Cc1ccccc1)C(=O)N[C@@H](Cc1ccccc1)C(=O)O. The molecule has 0 saturated heterocycles. The van der Waals surface area contributed by atoms with E-state index in [0.717, 1.165) is 11.1 Å². The third kappa shape index (κ3) is 8.23. The van der Waals surface area contributed by atoms with E-state index in [4.69, 9.17) is 5.73 Å². The normalized spacial score (nSPS) is 16.0. The Kier molecular flexibility index (Phi) is 9.63. The molecule has 32 heavy (non-hydrogen) atoms. The largest absolute Gasteiger partial charge is 0.480 e. The summed E-state index contributed by atoms with van der Waals surface area (Å²) in [5.74, 6) is -3.42. The molecule has 2 aromatic rings. The predicted octanol–water partition coefficient (Wildman–Crippen LogP) is 3.26. The molecule has 0 aromatic heterocycles. The first-order valence-electron chi connectivity index (χ1n) is 10.8. The highest BCUT2D eigenvalue weighted by molar-refractivity contribution is 7.58. The lowest BCUT2D eigenvalue weighted by atomic mass is 9.99. The molecular formula is C24H33N2O5P. The molecule has 0 fully saturated rings. The first-order valence-corrected chi connectivity index (χ1v) is 12.7. The van der Waals surface area contributed by atoms with Crippen molar-refractivity contribution in [3.05, 3.63) is 71.8 Å². The summed E-state index contributed by atoms with van der Waals surface area (Å²) < 4.78 is 13.0. The van der Waals surface area contributed by atoms with Gasteiger partial charge in [-0.1, -0.05) is 74.5 Å². The number of rotatable bonds is 12. The monoisotopic (exact) mass is 460 g/mol. The fourth-order valence-electron chi connectivity index (χ4n) is 3.58. The molecule has 5 N–H and O–H groups in total. The van der Waals surface area contributed by atoms with Crippen LogP contribution in [0.15, 0.2) is 60.7 Å². The number of benzene rings is 2. The Labute approximate surface area is 189 Å². The average Bonchev–Trinajstić information content (AvgIpc) is 2.73. The number of hydrogen-bond acceptors (Lipinski definition) is 4. The van der Waals surface area contributed by atoms with E-state index < -0.39 is 37.0 Å². The molecular weight excluding hydrogens is 427 g/mol. The first-order chi connectivity index (χ1) is 15.1. The molecule has 0 aliphatic rings. The number of amides is 1. The number of nitrogens with one attached hydrogen (secondary N) is 1. The topological polar surface area (TPSA) is 130 Å². The van der Waals surface area contributed by atoms with Gasteiger partial charge in [0.15, 0.2) is 0 Å². The minimum absolute atomic E-state index is 0.115. The Morgan fingerprint density at radius 3 is 1.94 bits per heavy atom. The second kappa shape index (κ2) is 12.0. The van der Waals surface area contributed by atoms with Crippen LogP contribution >= 0.6 is 7.37 Å². The van der Waals surface area contributed by atoms with E-state index in [1.54, 1.807) is 24.3 Å². The lowest BCUT2D eigenvalue weighted by Crippen LogP contribution is -2.46. The molecule has 1 amide bonds. The van der Waals surface area contributed by atoms with Crippen molar-refractivity contribution >= 4 is 19.2 Å². The van der Waals surface area contributed by atoms with Gasteiger partial charge >= 0.3 is 5.97 Å². The fraction of sp³-hybridized carbons (Fsp3) is 0.417. The van der Waals surface area contributed by atoms with Gasteiger partial charge in [-0.25, -0.2) is 4.79 Å². The Morgan fingerprint density at radius 1 is 0.969 bits per heavy atom. The lowest BCUT2D eigenvalue weighted by Gasteiger charge is -2.26. The highest BCUT2D eigenvalue weighted by atomic mass is 31.2. The smallest absolute Gasteiger partial charge is 0.326 e. The lowest BCUT2D eigenvalue weighted by molar-refractivity contribution is -0.142. The van der Waals surface area contributed by atoms with E-state index in [0.29, 0.717) is 6.42 Å². The molecule has 8 heteroatoms. The summed E-state index contributed by atoms with van der Waals surface area (Å²) in [4.78, 5) is 35.6. The molecule has 0 aliphatic heterocycles. The zero-order valence-electron chi connectivity index (χ0n) is 18.6. The maximum atomic E-state index is 13.1. The van der Waals surface area contributed by atoms with E-state index in [-0.39, 0.29) is 24.9 Å². The van der Waals surface area contributed by atoms with Crippen LogP contribution in [0.1, 0.15) is 31.4 Å². The minimum atomic E-state index is -3.85. The van der Waals surface area contributed by atoms with Crippen LogP contribution in [0.5, 0.6) is 0 Å². The van der Waals surface area contributed by atoms with Crippen LogP contribution in [0.2, 0.25) is 0 Å². The summed E-state index contributed by atoms with van der Waals surface area (Å²) in [6, 6.07) is 17.0. The zero-order valence-corrected chi connectivity index (χ0v) is 19.4. The number of aliphatic carboxylic acids is 1. The summed E-state index contributed by atoms with van der Waals surface area (Å²) in [7, 11) is -3.85. The Morgan fingerprint density at radius 2 is 1.47 bits per heavy atom. The maximum absolute atomic E-state index is 13.1. The standard InChI is InChI=1S/C24H33N2O5P/c1-17(2)13-22(25)32(30,31)16-20(14-18-9-5-3-6-10-18)23(27)26-21(24(28)29)15-19-11-7-4-8-12-19/h3-12,17,20-22H,13-16,25H2,1-2H3,(H,26,27)(H,28,29)(H,30,31)/t20-,21+,22?/m1/s1. The molecule has 2 unspecified atom stereocenters. The molecule has 4 atom stereocenters. The summed E-state index contributed by atoms with van der Waals surface area (Å²) >= 11 is 0. The molecule has 0 bridgehead atoms. The number of carbonyl (C=O) groups excluding carboxylic acids is 1. The Bertz CT molecular complexity index is 921. The Hall–Kier alpha value is -2.47. The van der Waals surface area contributed by atoms with E-state index in [2.05, 4.69) is 5.32 Å². The van der Waals surface area contributed by atoms with E-state index in [9.17, 15) is 24.2 Å². The highest BCUT2D eigenvalue weighted by Crippen LogP contribution is 2.48. The highest BCUT2D eigenvalue weighted by Gasteiger charge is 2.35. The van der Waals surface area contributed by atoms with Gasteiger partial charge in [0.05, 0.1) is 11.7 Å². The van der Waals surface area contributed by atoms with Crippen molar-refractivity contribution in [3.63, 3.8) is 0 Å². The van der Waals surface area contributed by atoms with Crippen LogP contribution in [-0.2, 0) is 27.0 Å². The Balaban J connectivity index is 2.21. The summed E-state index contributed by atoms with van der Waals surface area (Å²) in [6.45, 7) is 3.82. The van der Waals surface area contributed by atoms with Gasteiger partial charge in [-0.05, 0) is 29.9 Å². The van der Waals surface area contributed by atoms with Gasteiger partial charge in [-0.3, -0.25) is 9.36 Å². The molecule has 0 aliphatic carbocycles. The van der Waals surface area contributed by atoms with Gasteiger partial charge in [0.2, 0.25) is 13.3 Å². The van der Waals surface area contributed by atoms with E-state index in [1.807, 2.05) is 50.2 Å². The van der Waals surface area contributed by atoms with Gasteiger partial charge in [-0.15, -0.1) is 0 Å². The summed E-state index contributed by atoms with van der Waals surface area (Å²) in [5, 5.41) is 12.2. The number of nitrogens with two attached hydrogens (primary N) is 1. The van der Waals surface area contributed by atoms with Gasteiger partial charge in [0.1, 0.15) is 6.04 Å². The van der Waals surface area contributed by atoms with Crippen LogP contribution in [0.3, 0.4) is 0 Å². The zero-order chi connectivity index (χ0) is 23.7. The second-order valence-electron chi connectivity index (χ2n) is 8.61. The predicted molar refractivity (Wildman–Crippen MR) is 125 cm³/mol. The minimum Gasteiger partial charge on any atom is -0.480 e. The van der Waals surface area contributed by atoms with Gasteiger partial charge in [0.25, 0.3) is 0 Å². The van der Waals surface area contributed by atoms with Crippen molar-refractivity contribution in [1.29, 1.82) is 0 Å². The van der Waals surface area contributed by atoms with Crippen molar-refractivity contribution < 1.29 is 24.2 Å². The maximum Gasteiger partial charge on any atom is 0.326 e. The molecule has 2 rings (SSSR count). The number of carbonyl (C=O) groups is 2. The van der Waals surface area contributed by atoms with Gasteiger partial charge in [0, 0.05) is 12.6 Å². The molecule has 0 heterocycles.